The molecule has 0 heterocycles. The predicted molar refractivity (Wildman–Crippen MR) is 100 cm³/mol. The van der Waals surface area contributed by atoms with Crippen LogP contribution in [0.4, 0.5) is 13.2 Å². The van der Waals surface area contributed by atoms with Crippen molar-refractivity contribution >= 4 is 5.97 Å². The van der Waals surface area contributed by atoms with Gasteiger partial charge in [0.25, 0.3) is 0 Å². The van der Waals surface area contributed by atoms with Gasteiger partial charge in [0.05, 0.1) is 5.41 Å². The fourth-order valence-electron chi connectivity index (χ4n) is 4.11. The highest BCUT2D eigenvalue weighted by molar-refractivity contribution is 5.76. The van der Waals surface area contributed by atoms with E-state index in [9.17, 15) is 23.1 Å². The number of carbonyl (C=O) groups is 1. The summed E-state index contributed by atoms with van der Waals surface area (Å²) < 4.78 is 47.3. The summed E-state index contributed by atoms with van der Waals surface area (Å²) >= 11 is 0. The minimum absolute atomic E-state index is 0.0811. The first-order chi connectivity index (χ1) is 12.1. The zero-order chi connectivity index (χ0) is 21.3. The third-order valence-electron chi connectivity index (χ3n) is 6.57. The van der Waals surface area contributed by atoms with Crippen LogP contribution in [0, 0.1) is 23.2 Å². The molecule has 0 spiro atoms. The summed E-state index contributed by atoms with van der Waals surface area (Å²) in [6.45, 7) is 11.4. The van der Waals surface area contributed by atoms with Crippen molar-refractivity contribution in [3.63, 3.8) is 0 Å². The standard InChI is InChI=1S/C21H37F3O3/c1-8-18(4,5)17(25)27-19(6,15-11-9-10-12-15)16(13-14(2)3)20(7,26)21(22,23)24/h14-16,26H,8-13H2,1-7H3. The van der Waals surface area contributed by atoms with Gasteiger partial charge >= 0.3 is 12.1 Å². The summed E-state index contributed by atoms with van der Waals surface area (Å²) in [6.07, 6.45) is -0.942. The lowest BCUT2D eigenvalue weighted by Crippen LogP contribution is -2.61. The molecule has 1 saturated carbocycles. The van der Waals surface area contributed by atoms with Gasteiger partial charge in [-0.3, -0.25) is 4.79 Å². The van der Waals surface area contributed by atoms with Crippen molar-refractivity contribution in [2.45, 2.75) is 104 Å². The van der Waals surface area contributed by atoms with E-state index in [2.05, 4.69) is 0 Å². The minimum Gasteiger partial charge on any atom is -0.458 e. The Morgan fingerprint density at radius 3 is 1.96 bits per heavy atom. The summed E-state index contributed by atoms with van der Waals surface area (Å²) in [5, 5.41) is 10.6. The summed E-state index contributed by atoms with van der Waals surface area (Å²) in [4.78, 5) is 12.8. The van der Waals surface area contributed by atoms with Gasteiger partial charge in [-0.2, -0.15) is 13.2 Å². The maximum absolute atomic E-state index is 13.8. The fraction of sp³-hybridized carbons (Fsp3) is 0.952. The number of aliphatic hydroxyl groups is 1. The third kappa shape index (κ3) is 5.18. The molecule has 1 aliphatic carbocycles. The van der Waals surface area contributed by atoms with Crippen molar-refractivity contribution in [2.75, 3.05) is 0 Å². The smallest absolute Gasteiger partial charge is 0.417 e. The van der Waals surface area contributed by atoms with Crippen LogP contribution in [0.1, 0.15) is 87.0 Å². The molecule has 0 aromatic carbocycles. The molecule has 160 valence electrons. The lowest BCUT2D eigenvalue weighted by atomic mass is 9.66. The molecule has 3 nitrogen and oxygen atoms in total. The zero-order valence-electron chi connectivity index (χ0n) is 17.9. The van der Waals surface area contributed by atoms with E-state index < -0.39 is 34.7 Å². The monoisotopic (exact) mass is 394 g/mol. The number of carbonyl (C=O) groups excluding carboxylic acids is 1. The van der Waals surface area contributed by atoms with Gasteiger partial charge in [-0.1, -0.05) is 33.6 Å². The summed E-state index contributed by atoms with van der Waals surface area (Å²) in [7, 11) is 0. The first kappa shape index (κ1) is 24.3. The van der Waals surface area contributed by atoms with Crippen molar-refractivity contribution in [2.24, 2.45) is 23.2 Å². The van der Waals surface area contributed by atoms with Crippen LogP contribution in [-0.4, -0.2) is 28.5 Å². The zero-order valence-corrected chi connectivity index (χ0v) is 17.9. The molecule has 0 saturated heterocycles. The lowest BCUT2D eigenvalue weighted by molar-refractivity contribution is -0.300. The molecule has 3 unspecified atom stereocenters. The Labute approximate surface area is 162 Å². The number of esters is 1. The number of alkyl halides is 3. The van der Waals surface area contributed by atoms with Crippen LogP contribution in [0.15, 0.2) is 0 Å². The van der Waals surface area contributed by atoms with E-state index in [4.69, 9.17) is 4.74 Å². The van der Waals surface area contributed by atoms with Crippen LogP contribution in [0.3, 0.4) is 0 Å². The highest BCUT2D eigenvalue weighted by atomic mass is 19.4. The van der Waals surface area contributed by atoms with Crippen LogP contribution in [0.2, 0.25) is 0 Å². The van der Waals surface area contributed by atoms with Crippen LogP contribution in [0.25, 0.3) is 0 Å². The van der Waals surface area contributed by atoms with Gasteiger partial charge < -0.3 is 9.84 Å². The molecule has 0 amide bonds. The average Bonchev–Trinajstić information content (AvgIpc) is 3.05. The van der Waals surface area contributed by atoms with Crippen molar-refractivity contribution in [3.8, 4) is 0 Å². The molecule has 1 N–H and O–H groups in total. The highest BCUT2D eigenvalue weighted by Crippen LogP contribution is 2.51. The second-order valence-electron chi connectivity index (χ2n) is 9.62. The molecule has 0 bridgehead atoms. The number of hydrogen-bond acceptors (Lipinski definition) is 3. The molecule has 6 heteroatoms. The van der Waals surface area contributed by atoms with Gasteiger partial charge in [-0.15, -0.1) is 0 Å². The van der Waals surface area contributed by atoms with Crippen molar-refractivity contribution in [3.05, 3.63) is 0 Å². The second kappa shape index (κ2) is 8.30. The van der Waals surface area contributed by atoms with E-state index in [0.29, 0.717) is 19.3 Å². The van der Waals surface area contributed by atoms with Crippen LogP contribution in [0.5, 0.6) is 0 Å². The van der Waals surface area contributed by atoms with Crippen molar-refractivity contribution in [1.29, 1.82) is 0 Å². The van der Waals surface area contributed by atoms with E-state index in [1.54, 1.807) is 20.8 Å². The SMILES string of the molecule is CCC(C)(C)C(=O)OC(C)(C1CCCC1)C(CC(C)C)C(C)(O)C(F)(F)F. The molecule has 1 rings (SSSR count). The summed E-state index contributed by atoms with van der Waals surface area (Å²) in [6, 6.07) is 0. The number of hydrogen-bond donors (Lipinski definition) is 1. The molecule has 1 aliphatic rings. The van der Waals surface area contributed by atoms with Gasteiger partial charge in [0, 0.05) is 5.92 Å². The van der Waals surface area contributed by atoms with Crippen molar-refractivity contribution < 1.29 is 27.8 Å². The Hall–Kier alpha value is -0.780. The highest BCUT2D eigenvalue weighted by Gasteiger charge is 2.63. The van der Waals surface area contributed by atoms with Gasteiger partial charge in [-0.05, 0) is 65.2 Å². The summed E-state index contributed by atoms with van der Waals surface area (Å²) in [5.74, 6) is -2.00. The molecule has 0 aromatic heterocycles. The Morgan fingerprint density at radius 1 is 1.11 bits per heavy atom. The second-order valence-corrected chi connectivity index (χ2v) is 9.62. The van der Waals surface area contributed by atoms with Crippen LogP contribution in [-0.2, 0) is 9.53 Å². The maximum atomic E-state index is 13.8. The van der Waals surface area contributed by atoms with E-state index >= 15 is 0 Å². The Bertz CT molecular complexity index is 505. The van der Waals surface area contributed by atoms with E-state index in [0.717, 1.165) is 19.8 Å². The number of halogens is 3. The number of ether oxygens (including phenoxy) is 1. The van der Waals surface area contributed by atoms with Gasteiger partial charge in [-0.25, -0.2) is 0 Å². The fourth-order valence-corrected chi connectivity index (χ4v) is 4.11. The third-order valence-corrected chi connectivity index (χ3v) is 6.57. The number of rotatable bonds is 8. The predicted octanol–water partition coefficient (Wildman–Crippen LogP) is 5.89. The van der Waals surface area contributed by atoms with Gasteiger partial charge in [0.15, 0.2) is 5.60 Å². The van der Waals surface area contributed by atoms with E-state index in [1.165, 1.54) is 0 Å². The lowest BCUT2D eigenvalue weighted by Gasteiger charge is -2.49. The van der Waals surface area contributed by atoms with Gasteiger partial charge in [0.2, 0.25) is 0 Å². The maximum Gasteiger partial charge on any atom is 0.417 e. The van der Waals surface area contributed by atoms with E-state index in [1.807, 2.05) is 20.8 Å². The average molecular weight is 395 g/mol. The quantitative estimate of drug-likeness (QED) is 0.522. The van der Waals surface area contributed by atoms with Crippen LogP contribution < -0.4 is 0 Å². The van der Waals surface area contributed by atoms with E-state index in [-0.39, 0.29) is 18.3 Å². The first-order valence-electron chi connectivity index (χ1n) is 10.1. The molecule has 1 fully saturated rings. The Morgan fingerprint density at radius 2 is 1.59 bits per heavy atom. The largest absolute Gasteiger partial charge is 0.458 e. The summed E-state index contributed by atoms with van der Waals surface area (Å²) in [5.41, 5.74) is -5.10. The molecule has 0 aromatic rings. The normalized spacial score (nSPS) is 22.4. The molecular weight excluding hydrogens is 357 g/mol. The topological polar surface area (TPSA) is 46.5 Å². The van der Waals surface area contributed by atoms with Crippen molar-refractivity contribution in [1.82, 2.24) is 0 Å². The molecule has 3 atom stereocenters. The molecule has 27 heavy (non-hydrogen) atoms. The van der Waals surface area contributed by atoms with Crippen LogP contribution >= 0.6 is 0 Å². The van der Waals surface area contributed by atoms with Gasteiger partial charge in [0.1, 0.15) is 5.60 Å². The minimum atomic E-state index is -4.81. The first-order valence-corrected chi connectivity index (χ1v) is 10.1. The Kier molecular flexibility index (Phi) is 7.46. The molecule has 0 aliphatic heterocycles. The molecule has 0 radical (unpaired) electrons. The molecular formula is C21H37F3O3. The Balaban J connectivity index is 3.45.